The lowest BCUT2D eigenvalue weighted by atomic mass is 9.92. The van der Waals surface area contributed by atoms with Crippen molar-refractivity contribution in [3.63, 3.8) is 0 Å². The minimum Gasteiger partial charge on any atom is -0.369 e. The Hall–Kier alpha value is -3.04. The first kappa shape index (κ1) is 22.2. The average Bonchev–Trinajstić information content (AvgIpc) is 2.72. The summed E-state index contributed by atoms with van der Waals surface area (Å²) in [6.07, 6.45) is 2.73. The number of guanidine groups is 1. The Labute approximate surface area is 189 Å². The van der Waals surface area contributed by atoms with Crippen molar-refractivity contribution in [3.05, 3.63) is 76.3 Å². The van der Waals surface area contributed by atoms with Crippen LogP contribution >= 0.6 is 11.6 Å². The number of sulfonamides is 1. The summed E-state index contributed by atoms with van der Waals surface area (Å²) in [6, 6.07) is 10.7. The highest BCUT2D eigenvalue weighted by Crippen LogP contribution is 2.34. The monoisotopic (exact) mass is 476 g/mol. The molecule has 2 heterocycles. The molecule has 32 heavy (non-hydrogen) atoms. The molecule has 166 valence electrons. The molecule has 0 spiro atoms. The number of aromatic nitrogens is 1. The van der Waals surface area contributed by atoms with Crippen molar-refractivity contribution in [1.82, 2.24) is 9.29 Å². The van der Waals surface area contributed by atoms with Gasteiger partial charge in [0, 0.05) is 29.2 Å². The Morgan fingerprint density at radius 1 is 1.22 bits per heavy atom. The minimum atomic E-state index is -3.79. The van der Waals surface area contributed by atoms with Crippen molar-refractivity contribution in [2.24, 2.45) is 10.7 Å². The van der Waals surface area contributed by atoms with E-state index >= 15 is 0 Å². The fourth-order valence-electron chi connectivity index (χ4n) is 3.60. The quantitative estimate of drug-likeness (QED) is 0.610. The molecule has 0 amide bonds. The summed E-state index contributed by atoms with van der Waals surface area (Å²) in [7, 11) is -2.51. The maximum absolute atomic E-state index is 15.0. The summed E-state index contributed by atoms with van der Waals surface area (Å²) in [5, 5.41) is 2.05. The van der Waals surface area contributed by atoms with Gasteiger partial charge in [-0.15, -0.1) is 0 Å². The number of rotatable bonds is 3. The molecule has 3 aromatic rings. The molecule has 2 N–H and O–H groups in total. The fourth-order valence-corrected chi connectivity index (χ4v) is 5.23. The third-order valence-corrected chi connectivity index (χ3v) is 7.54. The third kappa shape index (κ3) is 4.05. The lowest BCUT2D eigenvalue weighted by Gasteiger charge is -2.34. The Kier molecular flexibility index (Phi) is 5.42. The van der Waals surface area contributed by atoms with Gasteiger partial charge in [-0.1, -0.05) is 23.7 Å². The van der Waals surface area contributed by atoms with E-state index in [-0.39, 0.29) is 17.2 Å². The van der Waals surface area contributed by atoms with Crippen LogP contribution in [0.4, 0.5) is 8.78 Å². The summed E-state index contributed by atoms with van der Waals surface area (Å²) in [6.45, 7) is 1.47. The van der Waals surface area contributed by atoms with Crippen molar-refractivity contribution in [1.29, 1.82) is 0 Å². The molecule has 6 nitrogen and oxygen atoms in total. The van der Waals surface area contributed by atoms with E-state index < -0.39 is 33.0 Å². The van der Waals surface area contributed by atoms with Crippen LogP contribution in [0.25, 0.3) is 22.7 Å². The Bertz CT molecular complexity index is 1410. The molecule has 0 fully saturated rings. The number of halogens is 3. The molecule has 0 unspecified atom stereocenters. The van der Waals surface area contributed by atoms with Gasteiger partial charge in [0.15, 0.2) is 0 Å². The van der Waals surface area contributed by atoms with Crippen LogP contribution in [-0.2, 0) is 15.6 Å². The third-order valence-electron chi connectivity index (χ3n) is 5.36. The van der Waals surface area contributed by atoms with Crippen molar-refractivity contribution in [3.8, 4) is 0 Å². The molecule has 10 heteroatoms. The molecule has 0 saturated heterocycles. The number of nitrogens with zero attached hydrogens (tertiary/aromatic N) is 3. The van der Waals surface area contributed by atoms with Gasteiger partial charge in [0.2, 0.25) is 16.0 Å². The smallest absolute Gasteiger partial charge is 0.239 e. The molecule has 1 atom stereocenters. The van der Waals surface area contributed by atoms with Gasteiger partial charge in [-0.05, 0) is 54.3 Å². The molecule has 1 aliphatic heterocycles. The highest BCUT2D eigenvalue weighted by molar-refractivity contribution is 7.89. The highest BCUT2D eigenvalue weighted by Gasteiger charge is 2.41. The number of fused-ring (bicyclic) bond motifs is 1. The predicted molar refractivity (Wildman–Crippen MR) is 123 cm³/mol. The fraction of sp³-hybridized carbons (Fsp3) is 0.182. The molecular weight excluding hydrogens is 458 g/mol. The minimum absolute atomic E-state index is 0.00284. The first-order chi connectivity index (χ1) is 15.0. The molecule has 2 aromatic carbocycles. The second kappa shape index (κ2) is 7.83. The van der Waals surface area contributed by atoms with Gasteiger partial charge in [0.25, 0.3) is 0 Å². The zero-order valence-electron chi connectivity index (χ0n) is 17.2. The lowest BCUT2D eigenvalue weighted by Crippen LogP contribution is -2.50. The number of benzene rings is 2. The summed E-state index contributed by atoms with van der Waals surface area (Å²) < 4.78 is 55.4. The maximum atomic E-state index is 15.0. The average molecular weight is 477 g/mol. The van der Waals surface area contributed by atoms with Gasteiger partial charge in [0.1, 0.15) is 17.2 Å². The molecule has 0 bridgehead atoms. The topological polar surface area (TPSA) is 88.7 Å². The molecule has 4 rings (SSSR count). The SMILES string of the molecule is CN1C(N)=N[C@](C)(c2cc(/C=C(\F)c3cc4cc(Cl)ccc4cn3)ccc2F)CS1(=O)=O. The normalized spacial score (nSPS) is 21.0. The Balaban J connectivity index is 1.75. The number of hydrogen-bond donors (Lipinski definition) is 1. The zero-order valence-corrected chi connectivity index (χ0v) is 18.8. The van der Waals surface area contributed by atoms with Crippen LogP contribution in [0.5, 0.6) is 0 Å². The molecular formula is C22H19ClF2N4O2S. The number of aliphatic imine (C=N–C) groups is 1. The van der Waals surface area contributed by atoms with Crippen LogP contribution in [0.15, 0.2) is 53.7 Å². The van der Waals surface area contributed by atoms with Crippen LogP contribution in [0.1, 0.15) is 23.7 Å². The molecule has 1 aromatic heterocycles. The van der Waals surface area contributed by atoms with E-state index in [1.807, 2.05) is 0 Å². The first-order valence-electron chi connectivity index (χ1n) is 9.53. The van der Waals surface area contributed by atoms with Crippen molar-refractivity contribution in [2.75, 3.05) is 12.8 Å². The van der Waals surface area contributed by atoms with Crippen molar-refractivity contribution < 1.29 is 17.2 Å². The maximum Gasteiger partial charge on any atom is 0.239 e. The van der Waals surface area contributed by atoms with Gasteiger partial charge in [-0.3, -0.25) is 4.98 Å². The zero-order chi connectivity index (χ0) is 23.3. The van der Waals surface area contributed by atoms with Crippen LogP contribution in [-0.4, -0.2) is 36.5 Å². The number of pyridine rings is 1. The van der Waals surface area contributed by atoms with E-state index in [1.165, 1.54) is 38.4 Å². The van der Waals surface area contributed by atoms with Gasteiger partial charge < -0.3 is 5.73 Å². The van der Waals surface area contributed by atoms with E-state index in [1.54, 1.807) is 24.3 Å². The Morgan fingerprint density at radius 3 is 2.69 bits per heavy atom. The molecule has 0 radical (unpaired) electrons. The highest BCUT2D eigenvalue weighted by atomic mass is 35.5. The first-order valence-corrected chi connectivity index (χ1v) is 11.5. The van der Waals surface area contributed by atoms with Gasteiger partial charge >= 0.3 is 0 Å². The Morgan fingerprint density at radius 2 is 1.97 bits per heavy atom. The van der Waals surface area contributed by atoms with Crippen molar-refractivity contribution >= 4 is 50.3 Å². The summed E-state index contributed by atoms with van der Waals surface area (Å²) in [5.74, 6) is -2.03. The molecule has 1 aliphatic rings. The van der Waals surface area contributed by atoms with Crippen molar-refractivity contribution in [2.45, 2.75) is 12.5 Å². The van der Waals surface area contributed by atoms with E-state index in [0.717, 1.165) is 21.1 Å². The van der Waals surface area contributed by atoms with Crippen LogP contribution in [0.3, 0.4) is 0 Å². The molecule has 0 aliphatic carbocycles. The van der Waals surface area contributed by atoms with E-state index in [9.17, 15) is 17.2 Å². The predicted octanol–water partition coefficient (Wildman–Crippen LogP) is 4.30. The number of hydrogen-bond acceptors (Lipinski definition) is 5. The summed E-state index contributed by atoms with van der Waals surface area (Å²) in [5.41, 5.74) is 4.69. The second-order valence-electron chi connectivity index (χ2n) is 7.76. The summed E-state index contributed by atoms with van der Waals surface area (Å²) in [4.78, 5) is 8.33. The van der Waals surface area contributed by atoms with Crippen LogP contribution < -0.4 is 5.73 Å². The summed E-state index contributed by atoms with van der Waals surface area (Å²) >= 11 is 6.01. The second-order valence-corrected chi connectivity index (χ2v) is 10.2. The van der Waals surface area contributed by atoms with E-state index in [0.29, 0.717) is 10.6 Å². The standard InChI is InChI=1S/C22H19ClF2N4O2S/c1-22(12-32(30,31)29(2)21(26)28-22)17-7-13(3-6-18(17)24)8-19(25)20-10-15-9-16(23)5-4-14(15)11-27-20/h3-11H,12H2,1-2H3,(H2,26,28)/b19-8-/t22-/m0/s1. The van der Waals surface area contributed by atoms with Crippen LogP contribution in [0.2, 0.25) is 5.02 Å². The van der Waals surface area contributed by atoms with Crippen LogP contribution in [0, 0.1) is 5.82 Å². The lowest BCUT2D eigenvalue weighted by molar-refractivity contribution is 0.458. The van der Waals surface area contributed by atoms with Gasteiger partial charge in [-0.25, -0.2) is 26.5 Å². The van der Waals surface area contributed by atoms with Gasteiger partial charge in [0.05, 0.1) is 11.4 Å². The van der Waals surface area contributed by atoms with E-state index in [4.69, 9.17) is 17.3 Å². The van der Waals surface area contributed by atoms with Gasteiger partial charge in [-0.2, -0.15) is 0 Å². The van der Waals surface area contributed by atoms with E-state index in [2.05, 4.69) is 9.98 Å². The largest absolute Gasteiger partial charge is 0.369 e. The number of nitrogens with two attached hydrogens (primary N) is 1. The molecule has 0 saturated carbocycles.